The van der Waals surface area contributed by atoms with E-state index in [0.717, 1.165) is 56.0 Å². The minimum atomic E-state index is -0.707. The van der Waals surface area contributed by atoms with E-state index in [-0.39, 0.29) is 11.6 Å². The van der Waals surface area contributed by atoms with Crippen molar-refractivity contribution in [3.63, 3.8) is 0 Å². The number of hydrogen-bond acceptors (Lipinski definition) is 2. The Morgan fingerprint density at radius 2 is 0.590 bits per heavy atom. The monoisotopic (exact) mass is 1340 g/mol. The van der Waals surface area contributed by atoms with Gasteiger partial charge in [0, 0.05) is 34.1 Å². The molecule has 0 aliphatic heterocycles. The maximum atomic E-state index is 15.3. The average Bonchev–Trinajstić information content (AvgIpc) is 1.50. The lowest BCUT2D eigenvalue weighted by Crippen LogP contribution is -2.26. The summed E-state index contributed by atoms with van der Waals surface area (Å²) in [5.74, 6) is -0.179. The number of anilines is 6. The molecule has 4 heteroatoms. The Balaban J connectivity index is 0.721. The van der Waals surface area contributed by atoms with Gasteiger partial charge in [-0.1, -0.05) is 257 Å². The summed E-state index contributed by atoms with van der Waals surface area (Å²) in [5, 5.41) is 14.4. The molecule has 0 aromatic heterocycles. The Morgan fingerprint density at radius 1 is 0.238 bits per heavy atom. The molecule has 0 N–H and O–H groups in total. The first kappa shape index (κ1) is 59.6. The minimum Gasteiger partial charge on any atom is -0.310 e. The lowest BCUT2D eigenvalue weighted by molar-refractivity contribution is 0.627. The zero-order chi connectivity index (χ0) is 69.6. The third-order valence-electron chi connectivity index (χ3n) is 23.9. The predicted octanol–water partition coefficient (Wildman–Crippen LogP) is 27.3. The number of nitrogens with zero attached hydrogens (tertiary/aromatic N) is 2. The summed E-state index contributed by atoms with van der Waals surface area (Å²) in [6, 6.07) is 125. The fourth-order valence-electron chi connectivity index (χ4n) is 19.7. The summed E-state index contributed by atoms with van der Waals surface area (Å²) < 4.78 is 30.1. The molecule has 0 saturated carbocycles. The molecule has 105 heavy (non-hydrogen) atoms. The summed E-state index contributed by atoms with van der Waals surface area (Å²) in [7, 11) is 0. The molecule has 18 aromatic rings. The van der Waals surface area contributed by atoms with Gasteiger partial charge in [-0.15, -0.1) is 0 Å². The second-order valence-corrected chi connectivity index (χ2v) is 29.3. The van der Waals surface area contributed by atoms with Crippen molar-refractivity contribution >= 4 is 98.8 Å². The molecule has 0 heterocycles. The van der Waals surface area contributed by atoms with Gasteiger partial charge in [0.25, 0.3) is 0 Å². The van der Waals surface area contributed by atoms with E-state index in [1.165, 1.54) is 148 Å². The number of benzene rings is 18. The van der Waals surface area contributed by atoms with Crippen LogP contribution in [0.2, 0.25) is 0 Å². The Labute approximate surface area is 607 Å². The van der Waals surface area contributed by atoms with Crippen LogP contribution < -0.4 is 9.80 Å². The highest BCUT2D eigenvalue weighted by atomic mass is 19.1. The third kappa shape index (κ3) is 8.17. The first-order valence-corrected chi connectivity index (χ1v) is 36.5. The van der Waals surface area contributed by atoms with Crippen molar-refractivity contribution in [3.8, 4) is 55.6 Å². The van der Waals surface area contributed by atoms with E-state index in [2.05, 4.69) is 321 Å². The van der Waals surface area contributed by atoms with Crippen LogP contribution in [0.4, 0.5) is 42.9 Å². The van der Waals surface area contributed by atoms with Crippen molar-refractivity contribution in [1.82, 2.24) is 0 Å². The smallest absolute Gasteiger partial charge is 0.123 e. The molecule has 0 unspecified atom stereocenters. The largest absolute Gasteiger partial charge is 0.310 e. The van der Waals surface area contributed by atoms with Crippen molar-refractivity contribution in [3.05, 3.63) is 407 Å². The second-order valence-electron chi connectivity index (χ2n) is 29.3. The molecule has 0 fully saturated rings. The van der Waals surface area contributed by atoms with Gasteiger partial charge in [-0.25, -0.2) is 8.78 Å². The van der Waals surface area contributed by atoms with E-state index < -0.39 is 10.8 Å². The van der Waals surface area contributed by atoms with E-state index in [0.29, 0.717) is 5.92 Å². The topological polar surface area (TPSA) is 6.48 Å². The van der Waals surface area contributed by atoms with Crippen LogP contribution in [0.1, 0.15) is 69.8 Å². The molecule has 4 aliphatic rings. The second kappa shape index (κ2) is 22.2. The first-order chi connectivity index (χ1) is 51.7. The summed E-state index contributed by atoms with van der Waals surface area (Å²) in [4.78, 5) is 4.53. The van der Waals surface area contributed by atoms with Crippen LogP contribution in [0.15, 0.2) is 346 Å². The van der Waals surface area contributed by atoms with Crippen molar-refractivity contribution < 1.29 is 8.78 Å². The molecule has 18 aromatic carbocycles. The van der Waals surface area contributed by atoms with Gasteiger partial charge in [0.15, 0.2) is 0 Å². The lowest BCUT2D eigenvalue weighted by Gasteiger charge is -2.33. The SMILES string of the molecule is CC(C)c1ccc(N(c2ccc(F)cc2)c2ccc3c4c(ccc3c2)-c2c(c3ccc(-c5cccc(N(c6ccc(F)cc6)c6ccc7c8c(ccc7c6)-c6c(c7ccccc7c7ccccc67)C86c7ccccc7-c7ccccc76)c5)cc3c3ccccc23)C42c3ccccc3-c3ccccc32)cc1. The molecule has 2 nitrogen and oxygen atoms in total. The van der Waals surface area contributed by atoms with Crippen LogP contribution in [0, 0.1) is 11.6 Å². The normalized spacial score (nSPS) is 13.6. The van der Waals surface area contributed by atoms with Gasteiger partial charge in [-0.2, -0.15) is 0 Å². The van der Waals surface area contributed by atoms with E-state index in [4.69, 9.17) is 0 Å². The maximum absolute atomic E-state index is 15.3. The van der Waals surface area contributed by atoms with E-state index in [1.54, 1.807) is 24.3 Å². The highest BCUT2D eigenvalue weighted by Gasteiger charge is 2.56. The summed E-state index contributed by atoms with van der Waals surface area (Å²) >= 11 is 0. The Kier molecular flexibility index (Phi) is 12.6. The number of fused-ring (bicyclic) bond motifs is 34. The lowest BCUT2D eigenvalue weighted by atomic mass is 9.68. The summed E-state index contributed by atoms with van der Waals surface area (Å²) in [5.41, 5.74) is 28.1. The van der Waals surface area contributed by atoms with Crippen LogP contribution >= 0.6 is 0 Å². The zero-order valence-electron chi connectivity index (χ0n) is 57.6. The molecule has 2 spiro atoms. The molecule has 0 saturated heterocycles. The maximum Gasteiger partial charge on any atom is 0.123 e. The van der Waals surface area contributed by atoms with Gasteiger partial charge >= 0.3 is 0 Å². The van der Waals surface area contributed by atoms with Crippen LogP contribution in [0.25, 0.3) is 120 Å². The molecule has 0 bridgehead atoms. The molecular weight excluding hydrogens is 1280 g/mol. The molecule has 0 radical (unpaired) electrons. The Hall–Kier alpha value is -13.0. The number of hydrogen-bond donors (Lipinski definition) is 0. The fourth-order valence-corrected chi connectivity index (χ4v) is 19.7. The van der Waals surface area contributed by atoms with Gasteiger partial charge in [-0.05, 0) is 279 Å². The van der Waals surface area contributed by atoms with Crippen molar-refractivity contribution in [1.29, 1.82) is 0 Å². The van der Waals surface area contributed by atoms with E-state index in [9.17, 15) is 4.39 Å². The predicted molar refractivity (Wildman–Crippen MR) is 433 cm³/mol. The summed E-state index contributed by atoms with van der Waals surface area (Å²) in [6.45, 7) is 4.43. The van der Waals surface area contributed by atoms with Gasteiger partial charge in [-0.3, -0.25) is 0 Å². The van der Waals surface area contributed by atoms with Gasteiger partial charge in [0.05, 0.1) is 10.8 Å². The van der Waals surface area contributed by atoms with Crippen LogP contribution in [-0.2, 0) is 10.8 Å². The molecule has 492 valence electrons. The van der Waals surface area contributed by atoms with Gasteiger partial charge < -0.3 is 9.80 Å². The molecular formula is C101H64F2N2. The van der Waals surface area contributed by atoms with Crippen LogP contribution in [0.3, 0.4) is 0 Å². The quantitative estimate of drug-likeness (QED) is 0.140. The highest BCUT2D eigenvalue weighted by Crippen LogP contribution is 2.69. The van der Waals surface area contributed by atoms with Crippen LogP contribution in [-0.4, -0.2) is 0 Å². The number of halogens is 2. The standard InChI is InChI=1S/C101H64F2N2/c1-60(2)61-34-43-68(44-35-61)104(69-45-39-66(102)40-46-69)72-49-54-74-64(57-72)37-53-88-95-84-28-7-4-22-78(84)89-59-63(36-51-86(89)99(95)101(97(74)88)92-32-15-11-25-81(92)82-26-12-16-33-93(82)101)62-18-17-19-71(56-62)105(70-47-41-67(103)42-48-70)73-50-55-75-65(58-73)38-52-87-94-83-27-6-3-20-76(83)77-21-5-8-29-85(77)98(94)100(96(75)87)90-30-13-9-23-79(90)80-24-10-14-31-91(80)100/h3-60H,1-2H3. The molecule has 22 rings (SSSR count). The Bertz CT molecular complexity index is 6690. The van der Waals surface area contributed by atoms with E-state index in [1.807, 2.05) is 24.3 Å². The van der Waals surface area contributed by atoms with Crippen molar-refractivity contribution in [2.75, 3.05) is 9.80 Å². The zero-order valence-corrected chi connectivity index (χ0v) is 57.6. The van der Waals surface area contributed by atoms with Crippen LogP contribution in [0.5, 0.6) is 0 Å². The Morgan fingerprint density at radius 3 is 1.06 bits per heavy atom. The molecule has 0 amide bonds. The minimum absolute atomic E-state index is 0.270. The van der Waals surface area contributed by atoms with Crippen molar-refractivity contribution in [2.24, 2.45) is 0 Å². The first-order valence-electron chi connectivity index (χ1n) is 36.5. The third-order valence-corrected chi connectivity index (χ3v) is 23.9. The van der Waals surface area contributed by atoms with Gasteiger partial charge in [0.1, 0.15) is 11.6 Å². The fraction of sp³-hybridized carbons (Fsp3) is 0.0495. The summed E-state index contributed by atoms with van der Waals surface area (Å²) in [6.07, 6.45) is 0. The number of rotatable bonds is 8. The van der Waals surface area contributed by atoms with Crippen molar-refractivity contribution in [2.45, 2.75) is 30.6 Å². The highest BCUT2D eigenvalue weighted by molar-refractivity contribution is 6.24. The molecule has 0 atom stereocenters. The van der Waals surface area contributed by atoms with Gasteiger partial charge in [0.2, 0.25) is 0 Å². The van der Waals surface area contributed by atoms with E-state index >= 15 is 4.39 Å². The average molecular weight is 1340 g/mol. The molecule has 4 aliphatic carbocycles.